The van der Waals surface area contributed by atoms with E-state index in [1.165, 1.54) is 0 Å². The molecule has 0 heterocycles. The number of ether oxygens (including phenoxy) is 1. The molecule has 3 heteroatoms. The highest BCUT2D eigenvalue weighted by Crippen LogP contribution is 2.25. The van der Waals surface area contributed by atoms with Crippen LogP contribution in [-0.4, -0.2) is 17.5 Å². The second-order valence-electron chi connectivity index (χ2n) is 2.80. The van der Waals surface area contributed by atoms with Crippen molar-refractivity contribution in [2.24, 2.45) is 0 Å². The fourth-order valence-corrected chi connectivity index (χ4v) is 0.957. The Kier molecular flexibility index (Phi) is 3.31. The van der Waals surface area contributed by atoms with Gasteiger partial charge >= 0.3 is 0 Å². The summed E-state index contributed by atoms with van der Waals surface area (Å²) in [6.07, 6.45) is 0.921. The van der Waals surface area contributed by atoms with E-state index in [1.54, 1.807) is 31.2 Å². The van der Waals surface area contributed by atoms with Crippen LogP contribution in [0.25, 0.3) is 0 Å². The maximum Gasteiger partial charge on any atom is 0.161 e. The summed E-state index contributed by atoms with van der Waals surface area (Å²) in [4.78, 5) is 10.1. The molecular formula is C10H12O3. The fourth-order valence-electron chi connectivity index (χ4n) is 0.957. The van der Waals surface area contributed by atoms with Crippen molar-refractivity contribution in [3.63, 3.8) is 0 Å². The molecule has 1 unspecified atom stereocenters. The summed E-state index contributed by atoms with van der Waals surface area (Å²) >= 11 is 0. The molecule has 1 rings (SSSR count). The molecule has 0 bridgehead atoms. The van der Waals surface area contributed by atoms with Crippen LogP contribution in [0, 0.1) is 0 Å². The Hall–Kier alpha value is -1.51. The third-order valence-electron chi connectivity index (χ3n) is 1.62. The normalized spacial score (nSPS) is 12.1. The SMILES string of the molecule is CC(CC=O)Oc1ccccc1O. The predicted molar refractivity (Wildman–Crippen MR) is 48.9 cm³/mol. The fraction of sp³-hybridized carbons (Fsp3) is 0.300. The Morgan fingerprint density at radius 2 is 2.23 bits per heavy atom. The number of phenols is 1. The molecule has 0 spiro atoms. The summed E-state index contributed by atoms with van der Waals surface area (Å²) in [5.41, 5.74) is 0. The van der Waals surface area contributed by atoms with Gasteiger partial charge in [-0.05, 0) is 19.1 Å². The Balaban J connectivity index is 2.63. The van der Waals surface area contributed by atoms with Gasteiger partial charge in [0.25, 0.3) is 0 Å². The number of carbonyl (C=O) groups is 1. The summed E-state index contributed by atoms with van der Waals surface area (Å²) in [5, 5.41) is 9.31. The summed E-state index contributed by atoms with van der Waals surface area (Å²) < 4.78 is 5.30. The van der Waals surface area contributed by atoms with Gasteiger partial charge in [-0.25, -0.2) is 0 Å². The van der Waals surface area contributed by atoms with Crippen molar-refractivity contribution in [1.82, 2.24) is 0 Å². The summed E-state index contributed by atoms with van der Waals surface area (Å²) in [6.45, 7) is 1.78. The lowest BCUT2D eigenvalue weighted by Gasteiger charge is -2.12. The first-order valence-electron chi connectivity index (χ1n) is 4.12. The van der Waals surface area contributed by atoms with E-state index in [9.17, 15) is 9.90 Å². The van der Waals surface area contributed by atoms with Crippen LogP contribution in [0.1, 0.15) is 13.3 Å². The second-order valence-corrected chi connectivity index (χ2v) is 2.80. The van der Waals surface area contributed by atoms with Gasteiger partial charge in [0, 0.05) is 6.42 Å². The molecule has 70 valence electrons. The van der Waals surface area contributed by atoms with Crippen molar-refractivity contribution in [2.45, 2.75) is 19.4 Å². The number of hydrogen-bond acceptors (Lipinski definition) is 3. The van der Waals surface area contributed by atoms with Crippen LogP contribution in [0.3, 0.4) is 0 Å². The van der Waals surface area contributed by atoms with E-state index in [0.29, 0.717) is 12.2 Å². The summed E-state index contributed by atoms with van der Waals surface area (Å²) in [6, 6.07) is 6.69. The Bertz CT molecular complexity index is 283. The minimum atomic E-state index is -0.203. The largest absolute Gasteiger partial charge is 0.504 e. The molecule has 0 aliphatic rings. The van der Waals surface area contributed by atoms with Gasteiger partial charge < -0.3 is 14.6 Å². The van der Waals surface area contributed by atoms with Crippen molar-refractivity contribution in [3.05, 3.63) is 24.3 Å². The first-order valence-corrected chi connectivity index (χ1v) is 4.12. The molecule has 0 aliphatic heterocycles. The van der Waals surface area contributed by atoms with Crippen LogP contribution in [0.2, 0.25) is 0 Å². The Morgan fingerprint density at radius 1 is 1.54 bits per heavy atom. The van der Waals surface area contributed by atoms with Crippen LogP contribution in [-0.2, 0) is 4.79 Å². The van der Waals surface area contributed by atoms with Gasteiger partial charge in [-0.15, -0.1) is 0 Å². The molecule has 0 amide bonds. The number of aromatic hydroxyl groups is 1. The van der Waals surface area contributed by atoms with E-state index in [1.807, 2.05) is 0 Å². The number of phenolic OH excluding ortho intramolecular Hbond substituents is 1. The molecule has 0 saturated heterocycles. The Morgan fingerprint density at radius 3 is 2.85 bits per heavy atom. The zero-order valence-corrected chi connectivity index (χ0v) is 7.43. The van der Waals surface area contributed by atoms with Gasteiger partial charge in [-0.1, -0.05) is 12.1 Å². The average Bonchev–Trinajstić information content (AvgIpc) is 2.09. The molecule has 1 aromatic rings. The average molecular weight is 180 g/mol. The molecular weight excluding hydrogens is 168 g/mol. The van der Waals surface area contributed by atoms with E-state index in [4.69, 9.17) is 4.74 Å². The molecule has 0 aliphatic carbocycles. The number of benzene rings is 1. The monoisotopic (exact) mass is 180 g/mol. The lowest BCUT2D eigenvalue weighted by atomic mass is 10.3. The lowest BCUT2D eigenvalue weighted by Crippen LogP contribution is -2.11. The molecule has 1 aromatic carbocycles. The molecule has 3 nitrogen and oxygen atoms in total. The topological polar surface area (TPSA) is 46.5 Å². The van der Waals surface area contributed by atoms with Crippen LogP contribution < -0.4 is 4.74 Å². The van der Waals surface area contributed by atoms with Gasteiger partial charge in [0.1, 0.15) is 12.4 Å². The van der Waals surface area contributed by atoms with E-state index in [-0.39, 0.29) is 11.9 Å². The number of hydrogen-bond donors (Lipinski definition) is 1. The molecule has 0 fully saturated rings. The quantitative estimate of drug-likeness (QED) is 0.718. The van der Waals surface area contributed by atoms with E-state index in [2.05, 4.69) is 0 Å². The van der Waals surface area contributed by atoms with Crippen molar-refractivity contribution in [1.29, 1.82) is 0 Å². The molecule has 1 N–H and O–H groups in total. The van der Waals surface area contributed by atoms with Crippen molar-refractivity contribution >= 4 is 6.29 Å². The first kappa shape index (κ1) is 9.58. The third-order valence-corrected chi connectivity index (χ3v) is 1.62. The Labute approximate surface area is 77.0 Å². The lowest BCUT2D eigenvalue weighted by molar-refractivity contribution is -0.109. The first-order chi connectivity index (χ1) is 6.24. The molecule has 13 heavy (non-hydrogen) atoms. The molecule has 1 atom stereocenters. The predicted octanol–water partition coefficient (Wildman–Crippen LogP) is 1.75. The number of para-hydroxylation sites is 2. The van der Waals surface area contributed by atoms with Gasteiger partial charge in [0.05, 0.1) is 0 Å². The summed E-state index contributed by atoms with van der Waals surface area (Å²) in [5.74, 6) is 0.511. The van der Waals surface area contributed by atoms with E-state index < -0.39 is 0 Å². The van der Waals surface area contributed by atoms with Gasteiger partial charge in [0.2, 0.25) is 0 Å². The highest BCUT2D eigenvalue weighted by molar-refractivity contribution is 5.50. The van der Waals surface area contributed by atoms with Crippen molar-refractivity contribution < 1.29 is 14.6 Å². The van der Waals surface area contributed by atoms with Crippen molar-refractivity contribution in [2.75, 3.05) is 0 Å². The number of aldehydes is 1. The van der Waals surface area contributed by atoms with Crippen molar-refractivity contribution in [3.8, 4) is 11.5 Å². The van der Waals surface area contributed by atoms with Gasteiger partial charge in [0.15, 0.2) is 11.5 Å². The van der Waals surface area contributed by atoms with E-state index in [0.717, 1.165) is 6.29 Å². The van der Waals surface area contributed by atoms with Gasteiger partial charge in [-0.2, -0.15) is 0 Å². The molecule has 0 radical (unpaired) electrons. The second kappa shape index (κ2) is 4.50. The maximum absolute atomic E-state index is 10.1. The zero-order chi connectivity index (χ0) is 9.68. The highest BCUT2D eigenvalue weighted by atomic mass is 16.5. The van der Waals surface area contributed by atoms with Crippen LogP contribution >= 0.6 is 0 Å². The van der Waals surface area contributed by atoms with E-state index >= 15 is 0 Å². The zero-order valence-electron chi connectivity index (χ0n) is 7.43. The smallest absolute Gasteiger partial charge is 0.161 e. The van der Waals surface area contributed by atoms with Crippen LogP contribution in [0.5, 0.6) is 11.5 Å². The highest BCUT2D eigenvalue weighted by Gasteiger charge is 2.05. The summed E-state index contributed by atoms with van der Waals surface area (Å²) in [7, 11) is 0. The maximum atomic E-state index is 10.1. The number of carbonyl (C=O) groups excluding carboxylic acids is 1. The molecule has 0 aromatic heterocycles. The minimum absolute atomic E-state index is 0.0975. The third kappa shape index (κ3) is 2.78. The molecule has 0 saturated carbocycles. The minimum Gasteiger partial charge on any atom is -0.504 e. The number of rotatable bonds is 4. The van der Waals surface area contributed by atoms with Gasteiger partial charge in [-0.3, -0.25) is 0 Å². The van der Waals surface area contributed by atoms with Crippen LogP contribution in [0.4, 0.5) is 0 Å². The standard InChI is InChI=1S/C10H12O3/c1-8(6-7-11)13-10-5-3-2-4-9(10)12/h2-5,7-8,12H,6H2,1H3. The van der Waals surface area contributed by atoms with Crippen LogP contribution in [0.15, 0.2) is 24.3 Å².